The van der Waals surface area contributed by atoms with Crippen molar-refractivity contribution in [1.29, 1.82) is 0 Å². The van der Waals surface area contributed by atoms with E-state index in [-0.39, 0.29) is 5.56 Å². The van der Waals surface area contributed by atoms with Gasteiger partial charge in [0.25, 0.3) is 5.56 Å². The quantitative estimate of drug-likeness (QED) is 0.803. The molecular weight excluding hydrogens is 214 g/mol. The molecule has 3 rings (SSSR count). The number of nitrogens with zero attached hydrogens (tertiary/aromatic N) is 1. The van der Waals surface area contributed by atoms with Crippen molar-refractivity contribution in [1.82, 2.24) is 4.57 Å². The van der Waals surface area contributed by atoms with E-state index in [4.69, 9.17) is 4.74 Å². The van der Waals surface area contributed by atoms with Gasteiger partial charge in [0.2, 0.25) is 0 Å². The lowest BCUT2D eigenvalue weighted by Gasteiger charge is -2.34. The third-order valence-corrected chi connectivity index (χ3v) is 4.04. The predicted octanol–water partition coefficient (Wildman–Crippen LogP) is 2.71. The van der Waals surface area contributed by atoms with Gasteiger partial charge in [0.05, 0.1) is 7.11 Å². The topological polar surface area (TPSA) is 31.2 Å². The van der Waals surface area contributed by atoms with Crippen LogP contribution in [-0.4, -0.2) is 11.7 Å². The maximum Gasteiger partial charge on any atom is 0.293 e. The summed E-state index contributed by atoms with van der Waals surface area (Å²) >= 11 is 0. The number of methoxy groups -OCH3 is 1. The van der Waals surface area contributed by atoms with Crippen molar-refractivity contribution in [2.24, 2.45) is 5.92 Å². The highest BCUT2D eigenvalue weighted by atomic mass is 16.5. The lowest BCUT2D eigenvalue weighted by Crippen LogP contribution is -2.33. The molecule has 1 aromatic rings. The zero-order valence-corrected chi connectivity index (χ0v) is 10.5. The highest BCUT2D eigenvalue weighted by Gasteiger charge is 2.31. The molecule has 2 saturated carbocycles. The summed E-state index contributed by atoms with van der Waals surface area (Å²) in [5, 5.41) is 0. The fourth-order valence-corrected chi connectivity index (χ4v) is 2.74. The Hall–Kier alpha value is -1.25. The van der Waals surface area contributed by atoms with Crippen LogP contribution in [0.3, 0.4) is 0 Å². The summed E-state index contributed by atoms with van der Waals surface area (Å²) in [5.41, 5.74) is 1.31. The largest absolute Gasteiger partial charge is 0.491 e. The first-order valence-corrected chi connectivity index (χ1v) is 6.49. The lowest BCUT2D eigenvalue weighted by molar-refractivity contribution is 0.208. The van der Waals surface area contributed by atoms with Crippen molar-refractivity contribution in [3.05, 3.63) is 28.2 Å². The first-order chi connectivity index (χ1) is 8.19. The van der Waals surface area contributed by atoms with Gasteiger partial charge in [-0.3, -0.25) is 4.79 Å². The molecular formula is C14H19NO2. The van der Waals surface area contributed by atoms with Crippen molar-refractivity contribution in [2.75, 3.05) is 7.11 Å². The van der Waals surface area contributed by atoms with Gasteiger partial charge < -0.3 is 9.30 Å². The highest BCUT2D eigenvalue weighted by Crippen LogP contribution is 2.42. The van der Waals surface area contributed by atoms with E-state index in [9.17, 15) is 4.79 Å². The zero-order chi connectivity index (χ0) is 12.0. The molecule has 0 bridgehead atoms. The second kappa shape index (κ2) is 3.90. The van der Waals surface area contributed by atoms with Gasteiger partial charge in [0, 0.05) is 12.2 Å². The van der Waals surface area contributed by atoms with Crippen LogP contribution >= 0.6 is 0 Å². The first-order valence-electron chi connectivity index (χ1n) is 6.49. The summed E-state index contributed by atoms with van der Waals surface area (Å²) in [5.74, 6) is 1.92. The van der Waals surface area contributed by atoms with Gasteiger partial charge >= 0.3 is 0 Å². The molecule has 0 aliphatic heterocycles. The number of aromatic nitrogens is 1. The Morgan fingerprint density at radius 1 is 1.35 bits per heavy atom. The number of rotatable bonds is 3. The van der Waals surface area contributed by atoms with Crippen LogP contribution in [0.4, 0.5) is 0 Å². The first kappa shape index (κ1) is 10.9. The van der Waals surface area contributed by atoms with Crippen LogP contribution in [0.15, 0.2) is 17.1 Å². The smallest absolute Gasteiger partial charge is 0.293 e. The summed E-state index contributed by atoms with van der Waals surface area (Å²) in [6.07, 6.45) is 6.82. The fraction of sp³-hybridized carbons (Fsp3) is 0.643. The summed E-state index contributed by atoms with van der Waals surface area (Å²) in [4.78, 5) is 12.2. The van der Waals surface area contributed by atoms with Gasteiger partial charge in [-0.25, -0.2) is 0 Å². The summed E-state index contributed by atoms with van der Waals surface area (Å²) < 4.78 is 7.13. The lowest BCUT2D eigenvalue weighted by atomic mass is 9.81. The van der Waals surface area contributed by atoms with E-state index in [1.54, 1.807) is 7.11 Å². The predicted molar refractivity (Wildman–Crippen MR) is 66.7 cm³/mol. The normalized spacial score (nSPS) is 27.6. The van der Waals surface area contributed by atoms with Crippen LogP contribution in [0.1, 0.15) is 50.1 Å². The molecule has 17 heavy (non-hydrogen) atoms. The third-order valence-electron chi connectivity index (χ3n) is 4.04. The van der Waals surface area contributed by atoms with E-state index in [1.165, 1.54) is 18.4 Å². The van der Waals surface area contributed by atoms with E-state index in [2.05, 4.69) is 13.1 Å². The zero-order valence-electron chi connectivity index (χ0n) is 10.5. The van der Waals surface area contributed by atoms with E-state index >= 15 is 0 Å². The van der Waals surface area contributed by atoms with Crippen LogP contribution in [0.2, 0.25) is 0 Å². The number of ether oxygens (including phenoxy) is 1. The minimum absolute atomic E-state index is 0.0359. The average Bonchev–Trinajstić information content (AvgIpc) is 3.09. The van der Waals surface area contributed by atoms with Gasteiger partial charge in [0.15, 0.2) is 5.75 Å². The van der Waals surface area contributed by atoms with Gasteiger partial charge in [-0.2, -0.15) is 0 Å². The second-order valence-electron chi connectivity index (χ2n) is 5.56. The molecule has 0 atom stereocenters. The molecule has 92 valence electrons. The molecule has 2 fully saturated rings. The number of hydrogen-bond donors (Lipinski definition) is 0. The van der Waals surface area contributed by atoms with Gasteiger partial charge in [-0.1, -0.05) is 6.92 Å². The van der Waals surface area contributed by atoms with Crippen molar-refractivity contribution < 1.29 is 4.74 Å². The summed E-state index contributed by atoms with van der Waals surface area (Å²) in [6, 6.07) is 2.32. The molecule has 0 N–H and O–H groups in total. The maximum absolute atomic E-state index is 12.2. The van der Waals surface area contributed by atoms with Gasteiger partial charge in [-0.15, -0.1) is 0 Å². The molecule has 0 amide bonds. The molecule has 3 heteroatoms. The molecule has 0 radical (unpaired) electrons. The van der Waals surface area contributed by atoms with Crippen molar-refractivity contribution in [3.8, 4) is 5.75 Å². The van der Waals surface area contributed by atoms with Crippen LogP contribution in [0.5, 0.6) is 5.75 Å². The Morgan fingerprint density at radius 3 is 2.59 bits per heavy atom. The Labute approximate surface area is 101 Å². The van der Waals surface area contributed by atoms with Crippen molar-refractivity contribution >= 4 is 0 Å². The number of pyridine rings is 1. The highest BCUT2D eigenvalue weighted by molar-refractivity contribution is 5.30. The molecule has 1 aromatic heterocycles. The minimum atomic E-state index is 0.0359. The Balaban J connectivity index is 2.00. The Bertz CT molecular complexity index is 481. The summed E-state index contributed by atoms with van der Waals surface area (Å²) in [6.45, 7) is 2.24. The van der Waals surface area contributed by atoms with E-state index < -0.39 is 0 Å². The molecule has 2 aliphatic carbocycles. The molecule has 0 spiro atoms. The molecule has 3 nitrogen and oxygen atoms in total. The number of hydrogen-bond acceptors (Lipinski definition) is 2. The SMILES string of the molecule is COc1cc(C2CC2)cn([C@H]2C[C@@H](C)C2)c1=O. The minimum Gasteiger partial charge on any atom is -0.491 e. The van der Waals surface area contributed by atoms with E-state index in [0.717, 1.165) is 18.8 Å². The Morgan fingerprint density at radius 2 is 2.06 bits per heavy atom. The molecule has 1 heterocycles. The van der Waals surface area contributed by atoms with Crippen molar-refractivity contribution in [3.63, 3.8) is 0 Å². The fourth-order valence-electron chi connectivity index (χ4n) is 2.74. The Kier molecular flexibility index (Phi) is 2.49. The van der Waals surface area contributed by atoms with Crippen LogP contribution in [-0.2, 0) is 0 Å². The van der Waals surface area contributed by atoms with E-state index in [1.807, 2.05) is 10.6 Å². The monoisotopic (exact) mass is 233 g/mol. The molecule has 0 aromatic carbocycles. The van der Waals surface area contributed by atoms with Crippen molar-refractivity contribution in [2.45, 2.75) is 44.6 Å². The van der Waals surface area contributed by atoms with Crippen LogP contribution < -0.4 is 10.3 Å². The average molecular weight is 233 g/mol. The maximum atomic E-state index is 12.2. The van der Waals surface area contributed by atoms with Crippen LogP contribution in [0, 0.1) is 5.92 Å². The summed E-state index contributed by atoms with van der Waals surface area (Å²) in [7, 11) is 1.58. The standard InChI is InChI=1S/C14H19NO2/c1-9-5-12(6-9)15-8-11(10-3-4-10)7-13(17-2)14(15)16/h7-10,12H,3-6H2,1-2H3/t9-,12+. The molecule has 2 aliphatic rings. The molecule has 0 saturated heterocycles. The third kappa shape index (κ3) is 1.88. The van der Waals surface area contributed by atoms with Gasteiger partial charge in [-0.05, 0) is 49.1 Å². The van der Waals surface area contributed by atoms with Gasteiger partial charge in [0.1, 0.15) is 0 Å². The second-order valence-corrected chi connectivity index (χ2v) is 5.56. The molecule has 0 unspecified atom stereocenters. The van der Waals surface area contributed by atoms with E-state index in [0.29, 0.717) is 17.7 Å². The van der Waals surface area contributed by atoms with Crippen LogP contribution in [0.25, 0.3) is 0 Å².